The maximum Gasteiger partial charge on any atom is 0.227 e. The van der Waals surface area contributed by atoms with E-state index in [1.54, 1.807) is 0 Å². The van der Waals surface area contributed by atoms with Gasteiger partial charge in [-0.05, 0) is 6.42 Å². The minimum Gasteiger partial charge on any atom is -0.369 e. The number of thioether (sulfide) groups is 1. The highest BCUT2D eigenvalue weighted by atomic mass is 79.9. The van der Waals surface area contributed by atoms with Gasteiger partial charge in [0.15, 0.2) is 5.13 Å². The second-order valence-corrected chi connectivity index (χ2v) is 6.08. The predicted octanol–water partition coefficient (Wildman–Crippen LogP) is 1.98. The molecule has 8 heteroatoms. The molecule has 5 nitrogen and oxygen atoms in total. The quantitative estimate of drug-likeness (QED) is 0.701. The molecule has 100 valence electrons. The number of alkyl halides is 1. The van der Waals surface area contributed by atoms with Crippen molar-refractivity contribution in [3.63, 3.8) is 0 Å². The molecule has 0 saturated heterocycles. The molecule has 18 heavy (non-hydrogen) atoms. The summed E-state index contributed by atoms with van der Waals surface area (Å²) in [6, 6.07) is 0. The number of rotatable bonds is 8. The zero-order valence-corrected chi connectivity index (χ0v) is 12.9. The van der Waals surface area contributed by atoms with Crippen molar-refractivity contribution in [1.82, 2.24) is 4.98 Å². The Morgan fingerprint density at radius 1 is 1.56 bits per heavy atom. The third-order valence-electron chi connectivity index (χ3n) is 1.83. The Morgan fingerprint density at radius 3 is 3.00 bits per heavy atom. The Bertz CT molecular complexity index is 412. The second-order valence-electron chi connectivity index (χ2n) is 3.44. The van der Waals surface area contributed by atoms with Crippen molar-refractivity contribution in [2.75, 3.05) is 16.4 Å². The summed E-state index contributed by atoms with van der Waals surface area (Å²) in [6.45, 7) is 0. The molecule has 0 saturated carbocycles. The fourth-order valence-corrected chi connectivity index (χ4v) is 2.87. The zero-order valence-electron chi connectivity index (χ0n) is 9.65. The Labute approximate surface area is 122 Å². The molecule has 3 N–H and O–H groups in total. The summed E-state index contributed by atoms with van der Waals surface area (Å²) < 4.78 is 0. The monoisotopic (exact) mass is 351 g/mol. The maximum atomic E-state index is 11.5. The van der Waals surface area contributed by atoms with Crippen molar-refractivity contribution in [2.24, 2.45) is 5.73 Å². The third kappa shape index (κ3) is 6.36. The molecule has 0 radical (unpaired) electrons. The van der Waals surface area contributed by atoms with E-state index in [0.29, 0.717) is 17.3 Å². The molecular formula is C10H14BrN3O2S2. The lowest BCUT2D eigenvalue weighted by molar-refractivity contribution is -0.116. The van der Waals surface area contributed by atoms with Gasteiger partial charge in [-0.15, -0.1) is 23.1 Å². The van der Waals surface area contributed by atoms with Crippen molar-refractivity contribution in [3.8, 4) is 0 Å². The van der Waals surface area contributed by atoms with Gasteiger partial charge in [-0.1, -0.05) is 15.9 Å². The van der Waals surface area contributed by atoms with Gasteiger partial charge < -0.3 is 11.1 Å². The number of halogens is 1. The number of nitrogens with one attached hydrogen (secondary N) is 1. The van der Waals surface area contributed by atoms with E-state index in [0.717, 1.165) is 17.4 Å². The molecule has 0 atom stereocenters. The summed E-state index contributed by atoms with van der Waals surface area (Å²) in [5, 5.41) is 6.03. The largest absolute Gasteiger partial charge is 0.369 e. The minimum absolute atomic E-state index is 0.0276. The summed E-state index contributed by atoms with van der Waals surface area (Å²) in [6.07, 6.45) is 1.29. The molecule has 1 heterocycles. The molecular weight excluding hydrogens is 338 g/mol. The third-order valence-corrected chi connectivity index (χ3v) is 4.19. The first-order valence-electron chi connectivity index (χ1n) is 5.28. The van der Waals surface area contributed by atoms with Crippen LogP contribution >= 0.6 is 39.0 Å². The highest BCUT2D eigenvalue weighted by molar-refractivity contribution is 9.09. The fraction of sp³-hybridized carbons (Fsp3) is 0.500. The van der Waals surface area contributed by atoms with Crippen LogP contribution in [0.4, 0.5) is 5.13 Å². The van der Waals surface area contributed by atoms with Crippen LogP contribution in [0.15, 0.2) is 5.38 Å². The van der Waals surface area contributed by atoms with Crippen molar-refractivity contribution in [2.45, 2.75) is 18.6 Å². The number of nitrogens with two attached hydrogens (primary N) is 1. The summed E-state index contributed by atoms with van der Waals surface area (Å²) in [5.41, 5.74) is 5.88. The van der Waals surface area contributed by atoms with E-state index in [9.17, 15) is 9.59 Å². The highest BCUT2D eigenvalue weighted by Crippen LogP contribution is 2.19. The van der Waals surface area contributed by atoms with Gasteiger partial charge in [0, 0.05) is 22.9 Å². The molecule has 2 amide bonds. The Morgan fingerprint density at radius 2 is 2.33 bits per heavy atom. The van der Waals surface area contributed by atoms with Gasteiger partial charge in [-0.3, -0.25) is 9.59 Å². The van der Waals surface area contributed by atoms with Gasteiger partial charge in [-0.25, -0.2) is 4.98 Å². The van der Waals surface area contributed by atoms with Crippen LogP contribution in [0.1, 0.15) is 18.5 Å². The van der Waals surface area contributed by atoms with Gasteiger partial charge in [0.25, 0.3) is 0 Å². The van der Waals surface area contributed by atoms with Gasteiger partial charge in [-0.2, -0.15) is 0 Å². The van der Waals surface area contributed by atoms with E-state index in [2.05, 4.69) is 26.2 Å². The molecule has 0 bridgehead atoms. The van der Waals surface area contributed by atoms with E-state index < -0.39 is 0 Å². The van der Waals surface area contributed by atoms with Crippen LogP contribution in [0.2, 0.25) is 0 Å². The van der Waals surface area contributed by atoms with Crippen LogP contribution in [-0.4, -0.2) is 27.9 Å². The number of thiazole rings is 1. The molecule has 0 aromatic carbocycles. The SMILES string of the molecule is NC(=O)CSCc1csc(NC(=O)CCCBr)n1. The summed E-state index contributed by atoms with van der Waals surface area (Å²) in [5.74, 6) is 0.542. The van der Waals surface area contributed by atoms with Crippen molar-refractivity contribution in [3.05, 3.63) is 11.1 Å². The first kappa shape index (κ1) is 15.5. The average Bonchev–Trinajstić information content (AvgIpc) is 2.73. The van der Waals surface area contributed by atoms with Crippen molar-refractivity contribution in [1.29, 1.82) is 0 Å². The van der Waals surface area contributed by atoms with E-state index in [1.807, 2.05) is 5.38 Å². The highest BCUT2D eigenvalue weighted by Gasteiger charge is 2.06. The summed E-state index contributed by atoms with van der Waals surface area (Å²) in [7, 11) is 0. The predicted molar refractivity (Wildman–Crippen MR) is 79.1 cm³/mol. The number of primary amides is 1. The number of aromatic nitrogens is 1. The van der Waals surface area contributed by atoms with Crippen molar-refractivity contribution >= 4 is 56.0 Å². The van der Waals surface area contributed by atoms with Gasteiger partial charge in [0.1, 0.15) is 0 Å². The molecule has 0 aliphatic rings. The first-order valence-corrected chi connectivity index (χ1v) is 8.43. The zero-order chi connectivity index (χ0) is 13.4. The number of hydrogen-bond donors (Lipinski definition) is 2. The van der Waals surface area contributed by atoms with Crippen LogP contribution in [0, 0.1) is 0 Å². The molecule has 0 aliphatic heterocycles. The lowest BCUT2D eigenvalue weighted by Gasteiger charge is -1.99. The number of nitrogens with zero attached hydrogens (tertiary/aromatic N) is 1. The maximum absolute atomic E-state index is 11.5. The van der Waals surface area contributed by atoms with Crippen molar-refractivity contribution < 1.29 is 9.59 Å². The molecule has 1 rings (SSSR count). The molecule has 0 aliphatic carbocycles. The van der Waals surface area contributed by atoms with E-state index in [1.165, 1.54) is 23.1 Å². The number of hydrogen-bond acceptors (Lipinski definition) is 5. The van der Waals surface area contributed by atoms with Gasteiger partial charge in [0.2, 0.25) is 11.8 Å². The standard InChI is InChI=1S/C10H14BrN3O2S2/c11-3-1-2-9(16)14-10-13-7(5-18-10)4-17-6-8(12)15/h5H,1-4,6H2,(H2,12,15)(H,13,14,16). The second kappa shape index (κ2) is 8.49. The lowest BCUT2D eigenvalue weighted by atomic mass is 10.3. The Balaban J connectivity index is 2.33. The van der Waals surface area contributed by atoms with Crippen LogP contribution in [-0.2, 0) is 15.3 Å². The van der Waals surface area contributed by atoms with Crippen LogP contribution in [0.25, 0.3) is 0 Å². The van der Waals surface area contributed by atoms with Crippen LogP contribution in [0.5, 0.6) is 0 Å². The van der Waals surface area contributed by atoms with E-state index >= 15 is 0 Å². The number of anilines is 1. The number of amides is 2. The van der Waals surface area contributed by atoms with Gasteiger partial charge in [0.05, 0.1) is 11.4 Å². The first-order chi connectivity index (χ1) is 8.61. The molecule has 0 unspecified atom stereocenters. The fourth-order valence-electron chi connectivity index (χ4n) is 1.10. The lowest BCUT2D eigenvalue weighted by Crippen LogP contribution is -2.13. The minimum atomic E-state index is -0.335. The molecule has 0 spiro atoms. The molecule has 0 fully saturated rings. The number of carbonyl (C=O) groups excluding carboxylic acids is 2. The Hall–Kier alpha value is -0.600. The number of carbonyl (C=O) groups is 2. The normalized spacial score (nSPS) is 10.3. The van der Waals surface area contributed by atoms with Crippen LogP contribution in [0.3, 0.4) is 0 Å². The topological polar surface area (TPSA) is 85.1 Å². The average molecular weight is 352 g/mol. The van der Waals surface area contributed by atoms with E-state index in [4.69, 9.17) is 5.73 Å². The van der Waals surface area contributed by atoms with Crippen LogP contribution < -0.4 is 11.1 Å². The van der Waals surface area contributed by atoms with E-state index in [-0.39, 0.29) is 17.6 Å². The summed E-state index contributed by atoms with van der Waals surface area (Å²) in [4.78, 5) is 26.3. The molecule has 1 aromatic rings. The summed E-state index contributed by atoms with van der Waals surface area (Å²) >= 11 is 6.07. The smallest absolute Gasteiger partial charge is 0.227 e. The Kier molecular flexibility index (Phi) is 7.29. The van der Waals surface area contributed by atoms with Gasteiger partial charge >= 0.3 is 0 Å². The molecule has 1 aromatic heterocycles.